The highest BCUT2D eigenvalue weighted by Gasteiger charge is 2.19. The van der Waals surface area contributed by atoms with Gasteiger partial charge in [-0.2, -0.15) is 0 Å². The van der Waals surface area contributed by atoms with Crippen molar-refractivity contribution in [2.45, 2.75) is 26.3 Å². The first kappa shape index (κ1) is 18.6. The molecule has 136 valence electrons. The van der Waals surface area contributed by atoms with Gasteiger partial charge in [0.25, 0.3) is 0 Å². The topological polar surface area (TPSA) is 51.2 Å². The second-order valence-corrected chi connectivity index (χ2v) is 8.17. The van der Waals surface area contributed by atoms with Crippen molar-refractivity contribution in [2.24, 2.45) is 5.92 Å². The van der Waals surface area contributed by atoms with Crippen LogP contribution in [0.25, 0.3) is 9.88 Å². The van der Waals surface area contributed by atoms with Gasteiger partial charge in [0.2, 0.25) is 5.91 Å². The summed E-state index contributed by atoms with van der Waals surface area (Å²) in [7, 11) is 1.65. The van der Waals surface area contributed by atoms with Gasteiger partial charge < -0.3 is 10.1 Å². The minimum atomic E-state index is -0.0381. The number of aromatic nitrogens is 1. The van der Waals surface area contributed by atoms with Crippen molar-refractivity contribution < 1.29 is 9.53 Å². The van der Waals surface area contributed by atoms with Gasteiger partial charge in [-0.15, -0.1) is 22.7 Å². The minimum Gasteiger partial charge on any atom is -0.497 e. The number of ether oxygens (including phenoxy) is 1. The molecule has 1 N–H and O–H groups in total. The maximum absolute atomic E-state index is 12.6. The number of carbonyl (C=O) groups excluding carboxylic acids is 1. The van der Waals surface area contributed by atoms with E-state index in [1.165, 1.54) is 0 Å². The van der Waals surface area contributed by atoms with Gasteiger partial charge in [-0.05, 0) is 35.1 Å². The Morgan fingerprint density at radius 3 is 2.58 bits per heavy atom. The summed E-state index contributed by atoms with van der Waals surface area (Å²) in [6.45, 7) is 4.21. The number of amides is 1. The molecular formula is C20H22N2O2S2. The van der Waals surface area contributed by atoms with Crippen LogP contribution in [0.2, 0.25) is 0 Å². The summed E-state index contributed by atoms with van der Waals surface area (Å²) in [4.78, 5) is 18.3. The first-order valence-corrected chi connectivity index (χ1v) is 10.2. The fraction of sp³-hybridized carbons (Fsp3) is 0.300. The van der Waals surface area contributed by atoms with Crippen LogP contribution < -0.4 is 10.1 Å². The number of thiophene rings is 1. The van der Waals surface area contributed by atoms with Crippen LogP contribution in [-0.2, 0) is 11.2 Å². The fourth-order valence-electron chi connectivity index (χ4n) is 2.74. The molecule has 26 heavy (non-hydrogen) atoms. The van der Waals surface area contributed by atoms with Crippen LogP contribution in [0.4, 0.5) is 0 Å². The lowest BCUT2D eigenvalue weighted by atomic mass is 9.95. The highest BCUT2D eigenvalue weighted by atomic mass is 32.1. The van der Waals surface area contributed by atoms with Crippen LogP contribution in [-0.4, -0.2) is 18.0 Å². The third-order valence-electron chi connectivity index (χ3n) is 4.08. The molecule has 3 aromatic rings. The molecule has 0 saturated heterocycles. The minimum absolute atomic E-state index is 0.0115. The number of benzene rings is 1. The van der Waals surface area contributed by atoms with Gasteiger partial charge >= 0.3 is 0 Å². The van der Waals surface area contributed by atoms with Crippen LogP contribution >= 0.6 is 22.7 Å². The van der Waals surface area contributed by atoms with E-state index in [1.807, 2.05) is 47.2 Å². The van der Waals surface area contributed by atoms with E-state index in [4.69, 9.17) is 4.74 Å². The number of hydrogen-bond acceptors (Lipinski definition) is 5. The summed E-state index contributed by atoms with van der Waals surface area (Å²) in [6.07, 6.45) is 0.293. The fourth-order valence-corrected chi connectivity index (χ4v) is 4.37. The molecule has 0 bridgehead atoms. The van der Waals surface area contributed by atoms with Crippen LogP contribution in [0.1, 0.15) is 31.1 Å². The zero-order valence-electron chi connectivity index (χ0n) is 15.1. The molecule has 1 atom stereocenters. The quantitative estimate of drug-likeness (QED) is 0.626. The second-order valence-electron chi connectivity index (χ2n) is 6.36. The van der Waals surface area contributed by atoms with Crippen molar-refractivity contribution in [3.05, 3.63) is 58.4 Å². The van der Waals surface area contributed by atoms with Crippen LogP contribution in [0.5, 0.6) is 5.75 Å². The average molecular weight is 387 g/mol. The summed E-state index contributed by atoms with van der Waals surface area (Å²) in [5, 5.41) is 8.12. The first-order chi connectivity index (χ1) is 12.6. The van der Waals surface area contributed by atoms with E-state index in [-0.39, 0.29) is 17.9 Å². The van der Waals surface area contributed by atoms with Crippen molar-refractivity contribution in [3.8, 4) is 15.6 Å². The first-order valence-electron chi connectivity index (χ1n) is 8.48. The molecule has 1 amide bonds. The number of nitrogens with zero attached hydrogens (tertiary/aromatic N) is 1. The summed E-state index contributed by atoms with van der Waals surface area (Å²) in [6, 6.07) is 11.9. The predicted octanol–water partition coefficient (Wildman–Crippen LogP) is 4.94. The average Bonchev–Trinajstić information content (AvgIpc) is 3.31. The predicted molar refractivity (Wildman–Crippen MR) is 108 cm³/mol. The number of nitrogens with one attached hydrogen (secondary N) is 1. The number of carbonyl (C=O) groups is 1. The maximum atomic E-state index is 12.6. The SMILES string of the molecule is COc1ccc([C@H](NC(=O)Cc2csc(-c3cccs3)n2)C(C)C)cc1. The van der Waals surface area contributed by atoms with Gasteiger partial charge in [0.05, 0.1) is 30.1 Å². The van der Waals surface area contributed by atoms with Gasteiger partial charge in [0, 0.05) is 5.38 Å². The third kappa shape index (κ3) is 4.51. The summed E-state index contributed by atoms with van der Waals surface area (Å²) < 4.78 is 5.21. The lowest BCUT2D eigenvalue weighted by Crippen LogP contribution is -2.32. The molecule has 0 aliphatic rings. The molecule has 2 heterocycles. The Balaban J connectivity index is 1.66. The standard InChI is InChI=1S/C20H22N2O2S2/c1-13(2)19(14-6-8-16(24-3)9-7-14)22-18(23)11-15-12-26-20(21-15)17-5-4-10-25-17/h4-10,12-13,19H,11H2,1-3H3,(H,22,23)/t19-/m1/s1. The Morgan fingerprint density at radius 1 is 1.19 bits per heavy atom. The summed E-state index contributed by atoms with van der Waals surface area (Å²) in [5.41, 5.74) is 1.89. The molecule has 1 aromatic carbocycles. The molecule has 0 radical (unpaired) electrons. The van der Waals surface area contributed by atoms with Gasteiger partial charge in [-0.3, -0.25) is 4.79 Å². The lowest BCUT2D eigenvalue weighted by Gasteiger charge is -2.23. The number of methoxy groups -OCH3 is 1. The van der Waals surface area contributed by atoms with E-state index in [1.54, 1.807) is 29.8 Å². The van der Waals surface area contributed by atoms with E-state index in [0.29, 0.717) is 6.42 Å². The van der Waals surface area contributed by atoms with E-state index >= 15 is 0 Å². The molecule has 0 saturated carbocycles. The van der Waals surface area contributed by atoms with Crippen molar-refractivity contribution >= 4 is 28.6 Å². The van der Waals surface area contributed by atoms with Crippen molar-refractivity contribution in [1.29, 1.82) is 0 Å². The molecule has 0 aliphatic heterocycles. The third-order valence-corrected chi connectivity index (χ3v) is 6.01. The monoisotopic (exact) mass is 386 g/mol. The van der Waals surface area contributed by atoms with Gasteiger partial charge in [0.15, 0.2) is 0 Å². The van der Waals surface area contributed by atoms with Crippen LogP contribution in [0.3, 0.4) is 0 Å². The Labute approximate surface area is 161 Å². The normalized spacial score (nSPS) is 12.2. The Hall–Kier alpha value is -2.18. The van der Waals surface area contributed by atoms with Crippen LogP contribution in [0, 0.1) is 5.92 Å². The lowest BCUT2D eigenvalue weighted by molar-refractivity contribution is -0.121. The molecular weight excluding hydrogens is 364 g/mol. The molecule has 4 nitrogen and oxygen atoms in total. The Morgan fingerprint density at radius 2 is 1.96 bits per heavy atom. The number of rotatable bonds is 7. The number of hydrogen-bond donors (Lipinski definition) is 1. The van der Waals surface area contributed by atoms with Crippen molar-refractivity contribution in [2.75, 3.05) is 7.11 Å². The van der Waals surface area contributed by atoms with Crippen molar-refractivity contribution in [1.82, 2.24) is 10.3 Å². The highest BCUT2D eigenvalue weighted by Crippen LogP contribution is 2.28. The zero-order chi connectivity index (χ0) is 18.5. The highest BCUT2D eigenvalue weighted by molar-refractivity contribution is 7.20. The largest absolute Gasteiger partial charge is 0.497 e. The van der Waals surface area contributed by atoms with Gasteiger partial charge in [-0.25, -0.2) is 4.98 Å². The molecule has 0 unspecified atom stereocenters. The number of thiazole rings is 1. The zero-order valence-corrected chi connectivity index (χ0v) is 16.7. The Kier molecular flexibility index (Phi) is 6.06. The summed E-state index contributed by atoms with van der Waals surface area (Å²) >= 11 is 3.24. The van der Waals surface area contributed by atoms with Crippen LogP contribution in [0.15, 0.2) is 47.2 Å². The molecule has 3 rings (SSSR count). The Bertz CT molecular complexity index is 839. The molecule has 0 spiro atoms. The van der Waals surface area contributed by atoms with E-state index < -0.39 is 0 Å². The van der Waals surface area contributed by atoms with E-state index in [2.05, 4.69) is 24.1 Å². The van der Waals surface area contributed by atoms with E-state index in [9.17, 15) is 4.79 Å². The smallest absolute Gasteiger partial charge is 0.226 e. The maximum Gasteiger partial charge on any atom is 0.226 e. The molecule has 6 heteroatoms. The summed E-state index contributed by atoms with van der Waals surface area (Å²) in [5.74, 6) is 1.08. The molecule has 0 fully saturated rings. The molecule has 0 aliphatic carbocycles. The molecule has 2 aromatic heterocycles. The van der Waals surface area contributed by atoms with Gasteiger partial charge in [0.1, 0.15) is 10.8 Å². The van der Waals surface area contributed by atoms with E-state index in [0.717, 1.165) is 26.9 Å². The second kappa shape index (κ2) is 8.47. The van der Waals surface area contributed by atoms with Gasteiger partial charge in [-0.1, -0.05) is 32.0 Å². The van der Waals surface area contributed by atoms with Crippen molar-refractivity contribution in [3.63, 3.8) is 0 Å².